The van der Waals surface area contributed by atoms with Crippen LogP contribution in [0, 0.1) is 0 Å². The molecule has 17 heavy (non-hydrogen) atoms. The van der Waals surface area contributed by atoms with Crippen LogP contribution in [0.4, 0.5) is 0 Å². The number of aliphatic hydroxyl groups excluding tert-OH is 1. The lowest BCUT2D eigenvalue weighted by molar-refractivity contribution is 0.170. The van der Waals surface area contributed by atoms with Crippen LogP contribution in [0.25, 0.3) is 0 Å². The number of hydrogen-bond donors (Lipinski definition) is 1. The Morgan fingerprint density at radius 3 is 2.82 bits per heavy atom. The molecule has 5 heteroatoms. The second-order valence-electron chi connectivity index (χ2n) is 3.89. The summed E-state index contributed by atoms with van der Waals surface area (Å²) in [6.45, 7) is 2.29. The molecule has 1 aromatic heterocycles. The van der Waals surface area contributed by atoms with Crippen molar-refractivity contribution in [3.05, 3.63) is 42.2 Å². The van der Waals surface area contributed by atoms with Gasteiger partial charge in [0.1, 0.15) is 6.33 Å². The molecule has 1 heterocycles. The highest BCUT2D eigenvalue weighted by Gasteiger charge is 2.07. The average molecular weight is 249 g/mol. The lowest BCUT2D eigenvalue weighted by Crippen LogP contribution is -2.11. The maximum Gasteiger partial charge on any atom is 0.191 e. The van der Waals surface area contributed by atoms with E-state index in [9.17, 15) is 5.11 Å². The van der Waals surface area contributed by atoms with Crippen molar-refractivity contribution in [2.75, 3.05) is 0 Å². The van der Waals surface area contributed by atoms with Gasteiger partial charge in [0.15, 0.2) is 5.16 Å². The van der Waals surface area contributed by atoms with Gasteiger partial charge in [0.25, 0.3) is 0 Å². The van der Waals surface area contributed by atoms with Gasteiger partial charge in [-0.2, -0.15) is 0 Å². The molecule has 0 radical (unpaired) electrons. The molecule has 90 valence electrons. The molecule has 0 fully saturated rings. The van der Waals surface area contributed by atoms with Gasteiger partial charge < -0.3 is 9.67 Å². The number of nitrogens with zero attached hydrogens (tertiary/aromatic N) is 3. The Kier molecular flexibility index (Phi) is 4.17. The molecular formula is C12H15N3OS. The van der Waals surface area contributed by atoms with Crippen LogP contribution in [0.5, 0.6) is 0 Å². The van der Waals surface area contributed by atoms with Gasteiger partial charge >= 0.3 is 0 Å². The van der Waals surface area contributed by atoms with Crippen LogP contribution < -0.4 is 0 Å². The van der Waals surface area contributed by atoms with Crippen LogP contribution in [-0.2, 0) is 12.3 Å². The summed E-state index contributed by atoms with van der Waals surface area (Å²) in [5.41, 5.74) is 1.25. The number of benzene rings is 1. The number of hydrogen-bond acceptors (Lipinski definition) is 4. The minimum Gasteiger partial charge on any atom is -0.392 e. The molecule has 2 aromatic rings. The summed E-state index contributed by atoms with van der Waals surface area (Å²) in [5.74, 6) is 0.860. The van der Waals surface area contributed by atoms with Crippen LogP contribution in [0.15, 0.2) is 41.8 Å². The molecule has 0 aliphatic heterocycles. The molecule has 1 unspecified atom stereocenters. The highest BCUT2D eigenvalue weighted by molar-refractivity contribution is 7.98. The summed E-state index contributed by atoms with van der Waals surface area (Å²) < 4.78 is 1.87. The SMILES string of the molecule is CC(O)Cn1cnnc1SCc1ccccc1. The van der Waals surface area contributed by atoms with Gasteiger partial charge in [0.2, 0.25) is 0 Å². The summed E-state index contributed by atoms with van der Waals surface area (Å²) in [7, 11) is 0. The van der Waals surface area contributed by atoms with E-state index < -0.39 is 0 Å². The van der Waals surface area contributed by atoms with Gasteiger partial charge in [-0.05, 0) is 12.5 Å². The first kappa shape index (κ1) is 12.1. The van der Waals surface area contributed by atoms with E-state index in [-0.39, 0.29) is 6.10 Å². The Hall–Kier alpha value is -1.33. The molecule has 0 amide bonds. The van der Waals surface area contributed by atoms with Crippen LogP contribution in [0.1, 0.15) is 12.5 Å². The molecule has 1 aromatic carbocycles. The second kappa shape index (κ2) is 5.84. The maximum atomic E-state index is 9.35. The maximum absolute atomic E-state index is 9.35. The fourth-order valence-corrected chi connectivity index (χ4v) is 2.37. The topological polar surface area (TPSA) is 50.9 Å². The van der Waals surface area contributed by atoms with Crippen molar-refractivity contribution in [3.8, 4) is 0 Å². The fraction of sp³-hybridized carbons (Fsp3) is 0.333. The number of aliphatic hydroxyl groups is 1. The van der Waals surface area contributed by atoms with Gasteiger partial charge in [-0.3, -0.25) is 0 Å². The Balaban J connectivity index is 1.97. The lowest BCUT2D eigenvalue weighted by Gasteiger charge is -2.07. The highest BCUT2D eigenvalue weighted by Crippen LogP contribution is 2.20. The Labute approximate surface area is 105 Å². The van der Waals surface area contributed by atoms with Gasteiger partial charge in [0.05, 0.1) is 12.6 Å². The summed E-state index contributed by atoms with van der Waals surface area (Å²) in [5, 5.41) is 18.1. The van der Waals surface area contributed by atoms with Crippen LogP contribution >= 0.6 is 11.8 Å². The smallest absolute Gasteiger partial charge is 0.191 e. The van der Waals surface area contributed by atoms with E-state index in [1.54, 1.807) is 25.0 Å². The molecule has 4 nitrogen and oxygen atoms in total. The van der Waals surface area contributed by atoms with Crippen molar-refractivity contribution in [2.24, 2.45) is 0 Å². The van der Waals surface area contributed by atoms with Crippen molar-refractivity contribution in [1.29, 1.82) is 0 Å². The Morgan fingerprint density at radius 1 is 1.35 bits per heavy atom. The zero-order chi connectivity index (χ0) is 12.1. The number of rotatable bonds is 5. The molecule has 2 rings (SSSR count). The van der Waals surface area contributed by atoms with E-state index >= 15 is 0 Å². The third-order valence-corrected chi connectivity index (χ3v) is 3.30. The zero-order valence-electron chi connectivity index (χ0n) is 9.65. The van der Waals surface area contributed by atoms with E-state index in [0.29, 0.717) is 6.54 Å². The van der Waals surface area contributed by atoms with Crippen molar-refractivity contribution in [2.45, 2.75) is 30.5 Å². The molecule has 0 aliphatic carbocycles. The normalized spacial score (nSPS) is 12.6. The predicted octanol–water partition coefficient (Wildman–Crippen LogP) is 1.95. The van der Waals surface area contributed by atoms with Crippen LogP contribution in [0.2, 0.25) is 0 Å². The summed E-state index contributed by atoms with van der Waals surface area (Å²) in [4.78, 5) is 0. The summed E-state index contributed by atoms with van der Waals surface area (Å²) in [6.07, 6.45) is 1.27. The standard InChI is InChI=1S/C12H15N3OS/c1-10(16)7-15-9-13-14-12(15)17-8-11-5-3-2-4-6-11/h2-6,9-10,16H,7-8H2,1H3. The Morgan fingerprint density at radius 2 is 2.12 bits per heavy atom. The van der Waals surface area contributed by atoms with Crippen molar-refractivity contribution >= 4 is 11.8 Å². The van der Waals surface area contributed by atoms with Crippen LogP contribution in [-0.4, -0.2) is 26.0 Å². The molecule has 0 aliphatic rings. The first-order valence-corrected chi connectivity index (χ1v) is 6.47. The van der Waals surface area contributed by atoms with Gasteiger partial charge in [-0.1, -0.05) is 42.1 Å². The predicted molar refractivity (Wildman–Crippen MR) is 67.7 cm³/mol. The van der Waals surface area contributed by atoms with Gasteiger partial charge in [-0.15, -0.1) is 10.2 Å². The highest BCUT2D eigenvalue weighted by atomic mass is 32.2. The first-order chi connectivity index (χ1) is 8.25. The second-order valence-corrected chi connectivity index (χ2v) is 4.83. The largest absolute Gasteiger partial charge is 0.392 e. The van der Waals surface area contributed by atoms with Crippen molar-refractivity contribution in [3.63, 3.8) is 0 Å². The first-order valence-electron chi connectivity index (χ1n) is 5.48. The monoisotopic (exact) mass is 249 g/mol. The van der Waals surface area contributed by atoms with Crippen molar-refractivity contribution < 1.29 is 5.11 Å². The van der Waals surface area contributed by atoms with Gasteiger partial charge in [0, 0.05) is 5.75 Å². The van der Waals surface area contributed by atoms with E-state index in [0.717, 1.165) is 10.9 Å². The summed E-state index contributed by atoms with van der Waals surface area (Å²) in [6, 6.07) is 10.2. The van der Waals surface area contributed by atoms with E-state index in [4.69, 9.17) is 0 Å². The van der Waals surface area contributed by atoms with E-state index in [1.807, 2.05) is 22.8 Å². The molecule has 0 saturated carbocycles. The van der Waals surface area contributed by atoms with Crippen molar-refractivity contribution in [1.82, 2.24) is 14.8 Å². The minimum absolute atomic E-state index is 0.387. The number of thioether (sulfide) groups is 1. The summed E-state index contributed by atoms with van der Waals surface area (Å²) >= 11 is 1.63. The fourth-order valence-electron chi connectivity index (χ4n) is 1.49. The molecule has 0 spiro atoms. The van der Waals surface area contributed by atoms with Gasteiger partial charge in [-0.25, -0.2) is 0 Å². The zero-order valence-corrected chi connectivity index (χ0v) is 10.5. The molecule has 0 bridgehead atoms. The third kappa shape index (κ3) is 3.57. The quantitative estimate of drug-likeness (QED) is 0.823. The van der Waals surface area contributed by atoms with Crippen LogP contribution in [0.3, 0.4) is 0 Å². The minimum atomic E-state index is -0.387. The number of aromatic nitrogens is 3. The molecule has 0 saturated heterocycles. The molecular weight excluding hydrogens is 234 g/mol. The third-order valence-electron chi connectivity index (χ3n) is 2.25. The lowest BCUT2D eigenvalue weighted by atomic mass is 10.2. The average Bonchev–Trinajstić information content (AvgIpc) is 2.74. The van der Waals surface area contributed by atoms with E-state index in [1.165, 1.54) is 5.56 Å². The molecule has 1 N–H and O–H groups in total. The van der Waals surface area contributed by atoms with E-state index in [2.05, 4.69) is 22.3 Å². The Bertz CT molecular complexity index is 456. The molecule has 1 atom stereocenters.